The van der Waals surface area contributed by atoms with E-state index in [1.54, 1.807) is 4.90 Å². The molecule has 0 unspecified atom stereocenters. The van der Waals surface area contributed by atoms with Crippen molar-refractivity contribution in [2.45, 2.75) is 57.7 Å². The third-order valence-electron chi connectivity index (χ3n) is 3.96. The average Bonchev–Trinajstić information content (AvgIpc) is 2.60. The maximum atomic E-state index is 12.6. The Hall–Kier alpha value is -1.97. The summed E-state index contributed by atoms with van der Waals surface area (Å²) in [5, 5.41) is 0. The molecule has 0 fully saturated rings. The number of benzene rings is 1. The van der Waals surface area contributed by atoms with E-state index in [1.165, 1.54) is 45.3 Å². The van der Waals surface area contributed by atoms with Crippen LogP contribution in [0.2, 0.25) is 0 Å². The minimum atomic E-state index is -3.90. The molecule has 1 atom stereocenters. The van der Waals surface area contributed by atoms with Crippen molar-refractivity contribution in [3.8, 4) is 0 Å². The highest BCUT2D eigenvalue weighted by molar-refractivity contribution is 7.89. The molecule has 0 aliphatic rings. The van der Waals surface area contributed by atoms with Crippen molar-refractivity contribution < 1.29 is 27.6 Å². The van der Waals surface area contributed by atoms with Crippen LogP contribution in [-0.2, 0) is 24.4 Å². The van der Waals surface area contributed by atoms with Gasteiger partial charge in [-0.25, -0.2) is 13.2 Å². The van der Waals surface area contributed by atoms with Gasteiger partial charge in [0.1, 0.15) is 0 Å². The number of carbonyl (C=O) groups excluding carboxylic acids is 2. The Kier molecular flexibility index (Phi) is 7.94. The van der Waals surface area contributed by atoms with Crippen LogP contribution in [0.25, 0.3) is 0 Å². The van der Waals surface area contributed by atoms with Crippen molar-refractivity contribution in [2.24, 2.45) is 0 Å². The highest BCUT2D eigenvalue weighted by Gasteiger charge is 2.28. The van der Waals surface area contributed by atoms with E-state index < -0.39 is 22.1 Å². The smallest absolute Gasteiger partial charge is 0.338 e. The van der Waals surface area contributed by atoms with Crippen molar-refractivity contribution in [1.82, 2.24) is 9.37 Å². The lowest BCUT2D eigenvalue weighted by Gasteiger charge is -2.32. The van der Waals surface area contributed by atoms with Crippen molar-refractivity contribution in [1.29, 1.82) is 0 Å². The number of hydrogen-bond acceptors (Lipinski definition) is 6. The number of hydrogen-bond donors (Lipinski definition) is 0. The van der Waals surface area contributed by atoms with E-state index in [4.69, 9.17) is 9.57 Å². The fraction of sp³-hybridized carbons (Fsp3) is 0.556. The number of amides is 1. The molecule has 27 heavy (non-hydrogen) atoms. The maximum absolute atomic E-state index is 12.6. The molecular formula is C18H28N2O6S. The highest BCUT2D eigenvalue weighted by Crippen LogP contribution is 2.18. The van der Waals surface area contributed by atoms with E-state index in [2.05, 4.69) is 0 Å². The minimum Gasteiger partial charge on any atom is -0.449 e. The number of esters is 1. The molecule has 0 heterocycles. The van der Waals surface area contributed by atoms with Crippen LogP contribution in [-0.4, -0.2) is 62.0 Å². The fourth-order valence-corrected chi connectivity index (χ4v) is 3.64. The Balaban J connectivity index is 3.01. The summed E-state index contributed by atoms with van der Waals surface area (Å²) in [5.74, 6) is -1.09. The summed E-state index contributed by atoms with van der Waals surface area (Å²) in [6, 6.07) is 5.29. The molecule has 0 saturated heterocycles. The molecule has 1 rings (SSSR count). The van der Waals surface area contributed by atoms with E-state index in [0.29, 0.717) is 4.47 Å². The van der Waals surface area contributed by atoms with Crippen molar-refractivity contribution in [3.63, 3.8) is 0 Å². The van der Waals surface area contributed by atoms with Gasteiger partial charge in [0.25, 0.3) is 15.9 Å². The van der Waals surface area contributed by atoms with Crippen LogP contribution in [0.5, 0.6) is 0 Å². The lowest BCUT2D eigenvalue weighted by atomic mass is 10.2. The Morgan fingerprint density at radius 2 is 1.59 bits per heavy atom. The summed E-state index contributed by atoms with van der Waals surface area (Å²) in [5.41, 5.74) is 0.0286. The average molecular weight is 400 g/mol. The summed E-state index contributed by atoms with van der Waals surface area (Å²) in [7, 11) is -1.43. The number of nitrogens with zero attached hydrogens (tertiary/aromatic N) is 2. The van der Waals surface area contributed by atoms with Gasteiger partial charge in [0.2, 0.25) is 0 Å². The van der Waals surface area contributed by atoms with Crippen LogP contribution in [0.15, 0.2) is 29.2 Å². The molecule has 0 radical (unpaired) electrons. The zero-order chi connectivity index (χ0) is 20.9. The van der Waals surface area contributed by atoms with Gasteiger partial charge in [-0.3, -0.25) is 9.63 Å². The maximum Gasteiger partial charge on any atom is 0.338 e. The van der Waals surface area contributed by atoms with Gasteiger partial charge < -0.3 is 9.64 Å². The third-order valence-corrected chi connectivity index (χ3v) is 5.64. The molecule has 9 heteroatoms. The second kappa shape index (κ2) is 9.29. The molecule has 1 aromatic carbocycles. The molecule has 1 aromatic rings. The zero-order valence-electron chi connectivity index (χ0n) is 16.8. The Morgan fingerprint density at radius 3 is 2.07 bits per heavy atom. The van der Waals surface area contributed by atoms with E-state index in [1.807, 2.05) is 27.7 Å². The van der Waals surface area contributed by atoms with Gasteiger partial charge in [-0.1, -0.05) is 10.5 Å². The number of sulfonamides is 1. The second-order valence-corrected chi connectivity index (χ2v) is 8.54. The Morgan fingerprint density at radius 1 is 1.04 bits per heavy atom. The van der Waals surface area contributed by atoms with Crippen molar-refractivity contribution in [2.75, 3.05) is 14.2 Å². The molecule has 0 aromatic heterocycles. The van der Waals surface area contributed by atoms with Crippen LogP contribution in [0.4, 0.5) is 0 Å². The lowest BCUT2D eigenvalue weighted by molar-refractivity contribution is -0.143. The van der Waals surface area contributed by atoms with E-state index >= 15 is 0 Å². The number of carbonyl (C=O) groups is 2. The predicted octanol–water partition coefficient (Wildman–Crippen LogP) is 2.06. The Bertz CT molecular complexity index is 768. The first-order valence-electron chi connectivity index (χ1n) is 8.59. The first-order valence-corrected chi connectivity index (χ1v) is 10.0. The first-order chi connectivity index (χ1) is 12.4. The SMILES string of the molecule is CON(C)S(=O)(=O)c1cccc(C(=O)O[C@@H](C)C(=O)N(C(C)C)C(C)C)c1. The highest BCUT2D eigenvalue weighted by atomic mass is 32.2. The molecule has 152 valence electrons. The van der Waals surface area contributed by atoms with E-state index in [9.17, 15) is 18.0 Å². The molecule has 0 bridgehead atoms. The van der Waals surface area contributed by atoms with E-state index in [-0.39, 0.29) is 28.4 Å². The summed E-state index contributed by atoms with van der Waals surface area (Å²) < 4.78 is 30.5. The van der Waals surface area contributed by atoms with Crippen LogP contribution in [0, 0.1) is 0 Å². The molecule has 0 saturated carbocycles. The van der Waals surface area contributed by atoms with Crippen molar-refractivity contribution >= 4 is 21.9 Å². The molecule has 8 nitrogen and oxygen atoms in total. The standard InChI is InChI=1S/C18H28N2O6S/c1-12(2)20(13(3)4)17(21)14(5)26-18(22)15-9-8-10-16(11-15)27(23,24)19(6)25-7/h8-14H,1-7H3/t14-/m0/s1. The fourth-order valence-electron chi connectivity index (χ4n) is 2.62. The number of hydroxylamine groups is 1. The molecular weight excluding hydrogens is 372 g/mol. The van der Waals surface area contributed by atoms with Crippen LogP contribution >= 0.6 is 0 Å². The number of rotatable bonds is 8. The lowest BCUT2D eigenvalue weighted by Crippen LogP contribution is -2.47. The first kappa shape index (κ1) is 23.1. The van der Waals surface area contributed by atoms with Crippen molar-refractivity contribution in [3.05, 3.63) is 29.8 Å². The largest absolute Gasteiger partial charge is 0.449 e. The van der Waals surface area contributed by atoms with Gasteiger partial charge in [-0.2, -0.15) is 0 Å². The van der Waals surface area contributed by atoms with Gasteiger partial charge in [0.05, 0.1) is 17.6 Å². The van der Waals surface area contributed by atoms with Gasteiger partial charge >= 0.3 is 5.97 Å². The topological polar surface area (TPSA) is 93.2 Å². The summed E-state index contributed by atoms with van der Waals surface area (Å²) in [6.45, 7) is 9.03. The van der Waals surface area contributed by atoms with Crippen LogP contribution < -0.4 is 0 Å². The van der Waals surface area contributed by atoms with Crippen LogP contribution in [0.1, 0.15) is 45.0 Å². The second-order valence-electron chi connectivity index (χ2n) is 6.61. The minimum absolute atomic E-state index is 0.0286. The summed E-state index contributed by atoms with van der Waals surface area (Å²) in [6.07, 6.45) is -0.996. The Labute approximate surface area is 161 Å². The summed E-state index contributed by atoms with van der Waals surface area (Å²) in [4.78, 5) is 31.2. The molecule has 0 aliphatic heterocycles. The predicted molar refractivity (Wildman–Crippen MR) is 100 cm³/mol. The quantitative estimate of drug-likeness (QED) is 0.490. The van der Waals surface area contributed by atoms with Gasteiger partial charge in [-0.05, 0) is 52.8 Å². The monoisotopic (exact) mass is 400 g/mol. The van der Waals surface area contributed by atoms with E-state index in [0.717, 1.165) is 0 Å². The number of ether oxygens (including phenoxy) is 1. The third kappa shape index (κ3) is 5.50. The molecule has 0 spiro atoms. The molecule has 0 aliphatic carbocycles. The van der Waals surface area contributed by atoms with Gasteiger partial charge in [0, 0.05) is 19.1 Å². The van der Waals surface area contributed by atoms with Crippen LogP contribution in [0.3, 0.4) is 0 Å². The zero-order valence-corrected chi connectivity index (χ0v) is 17.6. The molecule has 1 amide bonds. The normalized spacial score (nSPS) is 13.1. The van der Waals surface area contributed by atoms with Gasteiger partial charge in [-0.15, -0.1) is 0 Å². The van der Waals surface area contributed by atoms with Gasteiger partial charge in [0.15, 0.2) is 6.10 Å². The molecule has 0 N–H and O–H groups in total. The summed E-state index contributed by atoms with van der Waals surface area (Å²) >= 11 is 0.